The molecule has 2 aromatic rings. The van der Waals surface area contributed by atoms with Crippen molar-refractivity contribution in [1.29, 1.82) is 0 Å². The number of aryl methyl sites for hydroxylation is 1. The van der Waals surface area contributed by atoms with Crippen LogP contribution in [0.4, 0.5) is 15.5 Å². The Labute approximate surface area is 142 Å². The van der Waals surface area contributed by atoms with Crippen molar-refractivity contribution in [2.75, 3.05) is 11.1 Å². The minimum absolute atomic E-state index is 0.133. The second kappa shape index (κ2) is 7.55. The number of benzene rings is 1. The number of ether oxygens (including phenoxy) is 1. The molecule has 1 atom stereocenters. The Morgan fingerprint density at radius 2 is 1.92 bits per heavy atom. The number of esters is 1. The van der Waals surface area contributed by atoms with E-state index in [-0.39, 0.29) is 10.6 Å². The van der Waals surface area contributed by atoms with E-state index in [1.165, 1.54) is 6.92 Å². The van der Waals surface area contributed by atoms with Crippen LogP contribution in [0.2, 0.25) is 0 Å². The molecule has 0 bridgehead atoms. The van der Waals surface area contributed by atoms with Crippen molar-refractivity contribution >= 4 is 40.1 Å². The van der Waals surface area contributed by atoms with Gasteiger partial charge in [-0.1, -0.05) is 18.2 Å². The predicted octanol–water partition coefficient (Wildman–Crippen LogP) is 1.93. The number of anilines is 2. The molecule has 0 aliphatic heterocycles. The maximum Gasteiger partial charge on any atom is 0.343 e. The van der Waals surface area contributed by atoms with Crippen LogP contribution in [0.5, 0.6) is 0 Å². The Hall–Kier alpha value is -2.94. The second-order valence-corrected chi connectivity index (χ2v) is 5.67. The van der Waals surface area contributed by atoms with E-state index >= 15 is 0 Å². The average molecular weight is 348 g/mol. The molecule has 0 unspecified atom stereocenters. The minimum Gasteiger partial charge on any atom is -0.449 e. The van der Waals surface area contributed by atoms with Gasteiger partial charge in [-0.3, -0.25) is 10.1 Å². The molecule has 1 heterocycles. The largest absolute Gasteiger partial charge is 0.449 e. The number of nitrogens with one attached hydrogen (secondary N) is 2. The number of imide groups is 1. The zero-order chi connectivity index (χ0) is 17.7. The van der Waals surface area contributed by atoms with E-state index in [0.29, 0.717) is 11.4 Å². The molecular formula is C15H16N4O4S. The molecule has 3 amide bonds. The van der Waals surface area contributed by atoms with Crippen LogP contribution in [0.1, 0.15) is 23.0 Å². The third-order valence-corrected chi connectivity index (χ3v) is 3.78. The number of nitrogens with zero attached hydrogens (tertiary/aromatic N) is 1. The molecule has 1 aromatic heterocycles. The number of nitrogen functional groups attached to an aromatic ring is 1. The van der Waals surface area contributed by atoms with Gasteiger partial charge in [0, 0.05) is 5.69 Å². The second-order valence-electron chi connectivity index (χ2n) is 4.86. The maximum atomic E-state index is 12.0. The number of nitrogens with two attached hydrogens (primary N) is 1. The van der Waals surface area contributed by atoms with Crippen molar-refractivity contribution in [2.24, 2.45) is 0 Å². The lowest BCUT2D eigenvalue weighted by atomic mass is 10.2. The summed E-state index contributed by atoms with van der Waals surface area (Å²) >= 11 is 0.969. The van der Waals surface area contributed by atoms with Crippen molar-refractivity contribution in [3.05, 3.63) is 41.6 Å². The van der Waals surface area contributed by atoms with E-state index in [4.69, 9.17) is 10.5 Å². The number of rotatable bonds is 4. The molecule has 9 heteroatoms. The summed E-state index contributed by atoms with van der Waals surface area (Å²) in [5.74, 6) is -1.51. The quantitative estimate of drug-likeness (QED) is 0.725. The third kappa shape index (κ3) is 4.29. The number of carbonyl (C=O) groups is 3. The van der Waals surface area contributed by atoms with Crippen LogP contribution in [0.15, 0.2) is 30.3 Å². The zero-order valence-electron chi connectivity index (χ0n) is 13.0. The normalized spacial score (nSPS) is 11.4. The molecule has 2 rings (SSSR count). The van der Waals surface area contributed by atoms with Crippen LogP contribution in [0.3, 0.4) is 0 Å². The number of amides is 3. The lowest BCUT2D eigenvalue weighted by Gasteiger charge is -2.13. The number of hydrogen-bond acceptors (Lipinski definition) is 7. The van der Waals surface area contributed by atoms with Crippen molar-refractivity contribution in [3.63, 3.8) is 0 Å². The first-order valence-electron chi connectivity index (χ1n) is 6.98. The Balaban J connectivity index is 1.90. The molecule has 0 aliphatic rings. The standard InChI is InChI=1S/C15H16N4O4S/c1-8-11(12(16)24-19-8)14(21)23-9(2)13(20)18-15(22)17-10-6-4-3-5-7-10/h3-7,9H,16H2,1-2H3,(H2,17,18,20,22)/t9-/m1/s1. The van der Waals surface area contributed by atoms with Gasteiger partial charge in [-0.2, -0.15) is 4.37 Å². The molecule has 0 aliphatic carbocycles. The van der Waals surface area contributed by atoms with Gasteiger partial charge in [0.1, 0.15) is 10.6 Å². The molecule has 0 spiro atoms. The van der Waals surface area contributed by atoms with Gasteiger partial charge in [-0.25, -0.2) is 9.59 Å². The average Bonchev–Trinajstić information content (AvgIpc) is 2.86. The van der Waals surface area contributed by atoms with Crippen LogP contribution >= 0.6 is 11.5 Å². The molecule has 0 radical (unpaired) electrons. The van der Waals surface area contributed by atoms with Crippen molar-refractivity contribution in [2.45, 2.75) is 20.0 Å². The molecule has 0 fully saturated rings. The smallest absolute Gasteiger partial charge is 0.343 e. The summed E-state index contributed by atoms with van der Waals surface area (Å²) in [6.45, 7) is 2.97. The SMILES string of the molecule is Cc1nsc(N)c1C(=O)O[C@H](C)C(=O)NC(=O)Nc1ccccc1. The highest BCUT2D eigenvalue weighted by Gasteiger charge is 2.24. The van der Waals surface area contributed by atoms with E-state index in [1.54, 1.807) is 37.3 Å². The number of aromatic nitrogens is 1. The van der Waals surface area contributed by atoms with Crippen molar-refractivity contribution in [1.82, 2.24) is 9.69 Å². The zero-order valence-corrected chi connectivity index (χ0v) is 13.8. The highest BCUT2D eigenvalue weighted by atomic mass is 32.1. The van der Waals surface area contributed by atoms with Crippen LogP contribution in [-0.4, -0.2) is 28.4 Å². The summed E-state index contributed by atoms with van der Waals surface area (Å²) in [6.07, 6.45) is -1.17. The highest BCUT2D eigenvalue weighted by Crippen LogP contribution is 2.22. The highest BCUT2D eigenvalue weighted by molar-refractivity contribution is 7.10. The molecular weight excluding hydrogens is 332 g/mol. The number of para-hydroxylation sites is 1. The van der Waals surface area contributed by atoms with Gasteiger partial charge in [-0.15, -0.1) is 0 Å². The third-order valence-electron chi connectivity index (χ3n) is 3.01. The predicted molar refractivity (Wildman–Crippen MR) is 89.7 cm³/mol. The monoisotopic (exact) mass is 348 g/mol. The van der Waals surface area contributed by atoms with E-state index in [0.717, 1.165) is 11.5 Å². The topological polar surface area (TPSA) is 123 Å². The molecule has 8 nitrogen and oxygen atoms in total. The van der Waals surface area contributed by atoms with Gasteiger partial charge >= 0.3 is 12.0 Å². The van der Waals surface area contributed by atoms with Gasteiger partial charge in [0.15, 0.2) is 6.10 Å². The van der Waals surface area contributed by atoms with E-state index in [2.05, 4.69) is 15.0 Å². The summed E-state index contributed by atoms with van der Waals surface area (Å²) < 4.78 is 8.96. The van der Waals surface area contributed by atoms with E-state index in [1.807, 2.05) is 0 Å². The summed E-state index contributed by atoms with van der Waals surface area (Å²) in [5.41, 5.74) is 6.74. The first-order valence-corrected chi connectivity index (χ1v) is 7.75. The molecule has 126 valence electrons. The Bertz CT molecular complexity index is 741. The molecule has 4 N–H and O–H groups in total. The molecule has 0 saturated heterocycles. The van der Waals surface area contributed by atoms with Crippen molar-refractivity contribution < 1.29 is 19.1 Å². The Morgan fingerprint density at radius 3 is 2.50 bits per heavy atom. The lowest BCUT2D eigenvalue weighted by Crippen LogP contribution is -2.41. The van der Waals surface area contributed by atoms with Gasteiger partial charge in [0.2, 0.25) is 0 Å². The van der Waals surface area contributed by atoms with Crippen LogP contribution < -0.4 is 16.4 Å². The number of urea groups is 1. The van der Waals surface area contributed by atoms with Gasteiger partial charge in [-0.05, 0) is 37.5 Å². The summed E-state index contributed by atoms with van der Waals surface area (Å²) in [4.78, 5) is 35.7. The fourth-order valence-corrected chi connectivity index (χ4v) is 2.45. The maximum absolute atomic E-state index is 12.0. The van der Waals surface area contributed by atoms with Crippen LogP contribution in [-0.2, 0) is 9.53 Å². The molecule has 0 saturated carbocycles. The Kier molecular flexibility index (Phi) is 5.48. The first-order chi connectivity index (χ1) is 11.4. The minimum atomic E-state index is -1.17. The van der Waals surface area contributed by atoms with Crippen LogP contribution in [0, 0.1) is 6.92 Å². The van der Waals surface area contributed by atoms with E-state index < -0.39 is 24.0 Å². The summed E-state index contributed by atoms with van der Waals surface area (Å²) in [6, 6.07) is 7.89. The van der Waals surface area contributed by atoms with E-state index in [9.17, 15) is 14.4 Å². The first kappa shape index (κ1) is 17.4. The fraction of sp³-hybridized carbons (Fsp3) is 0.200. The van der Waals surface area contributed by atoms with Crippen LogP contribution in [0.25, 0.3) is 0 Å². The lowest BCUT2D eigenvalue weighted by molar-refractivity contribution is -0.127. The van der Waals surface area contributed by atoms with Gasteiger partial charge < -0.3 is 15.8 Å². The van der Waals surface area contributed by atoms with Gasteiger partial charge in [0.25, 0.3) is 5.91 Å². The Morgan fingerprint density at radius 1 is 1.25 bits per heavy atom. The number of carbonyl (C=O) groups excluding carboxylic acids is 3. The molecule has 24 heavy (non-hydrogen) atoms. The summed E-state index contributed by atoms with van der Waals surface area (Å²) in [7, 11) is 0. The van der Waals surface area contributed by atoms with Gasteiger partial charge in [0.05, 0.1) is 5.69 Å². The van der Waals surface area contributed by atoms with Crippen molar-refractivity contribution in [3.8, 4) is 0 Å². The number of hydrogen-bond donors (Lipinski definition) is 3. The fourth-order valence-electron chi connectivity index (χ4n) is 1.81. The summed E-state index contributed by atoms with van der Waals surface area (Å²) in [5, 5.41) is 4.80. The molecule has 1 aromatic carbocycles.